The molecule has 0 heterocycles. The second-order valence-electron chi connectivity index (χ2n) is 3.85. The van der Waals surface area contributed by atoms with Crippen molar-refractivity contribution < 1.29 is 24.2 Å². The number of rotatable bonds is 7. The minimum atomic E-state index is -1.03. The summed E-state index contributed by atoms with van der Waals surface area (Å²) in [6.07, 6.45) is 3.47. The monoisotopic (exact) mass is 342 g/mol. The summed E-state index contributed by atoms with van der Waals surface area (Å²) < 4.78 is 10.3. The first-order chi connectivity index (χ1) is 9.56. The molecule has 0 aliphatic rings. The molecule has 0 radical (unpaired) electrons. The normalized spacial score (nSPS) is 10.5. The molecule has 5 nitrogen and oxygen atoms in total. The summed E-state index contributed by atoms with van der Waals surface area (Å²) in [7, 11) is 1.45. The van der Waals surface area contributed by atoms with Gasteiger partial charge in [-0.1, -0.05) is 22.0 Å². The highest BCUT2D eigenvalue weighted by molar-refractivity contribution is 9.09. The van der Waals surface area contributed by atoms with Crippen LogP contribution in [0, 0.1) is 0 Å². The highest BCUT2D eigenvalue weighted by Crippen LogP contribution is 2.29. The van der Waals surface area contributed by atoms with Crippen LogP contribution in [0.15, 0.2) is 24.3 Å². The smallest absolute Gasteiger partial charge is 0.328 e. The van der Waals surface area contributed by atoms with Gasteiger partial charge in [0.2, 0.25) is 0 Å². The molecule has 0 aromatic heterocycles. The van der Waals surface area contributed by atoms with E-state index >= 15 is 0 Å². The molecular weight excluding hydrogens is 328 g/mol. The minimum Gasteiger partial charge on any atom is -0.493 e. The molecule has 1 N–H and O–H groups in total. The Morgan fingerprint density at radius 3 is 2.70 bits per heavy atom. The van der Waals surface area contributed by atoms with Crippen LogP contribution in [0.4, 0.5) is 0 Å². The molecule has 1 rings (SSSR count). The molecule has 0 bridgehead atoms. The van der Waals surface area contributed by atoms with Gasteiger partial charge in [0.25, 0.3) is 0 Å². The van der Waals surface area contributed by atoms with E-state index in [0.717, 1.165) is 11.4 Å². The first-order valence-electron chi connectivity index (χ1n) is 5.92. The Labute approximate surface area is 125 Å². The van der Waals surface area contributed by atoms with Gasteiger partial charge in [-0.3, -0.25) is 4.79 Å². The molecule has 0 atom stereocenters. The van der Waals surface area contributed by atoms with Crippen LogP contribution < -0.4 is 9.47 Å². The van der Waals surface area contributed by atoms with E-state index in [1.54, 1.807) is 18.2 Å². The first kappa shape index (κ1) is 16.2. The van der Waals surface area contributed by atoms with E-state index in [0.29, 0.717) is 29.9 Å². The quantitative estimate of drug-likeness (QED) is 0.357. The molecule has 0 aliphatic heterocycles. The van der Waals surface area contributed by atoms with Crippen molar-refractivity contribution in [2.24, 2.45) is 0 Å². The molecule has 1 aromatic rings. The van der Waals surface area contributed by atoms with Crippen molar-refractivity contribution in [1.82, 2.24) is 0 Å². The standard InChI is InChI=1S/C14H15BrO5/c1-19-12-9-10(5-7-13(16)17)4-6-11(12)20-14(18)3-2-8-15/h4-7,9H,2-3,8H2,1H3,(H,16,17)/b7-5+. The predicted molar refractivity (Wildman–Crippen MR) is 78.3 cm³/mol. The molecule has 0 unspecified atom stereocenters. The lowest BCUT2D eigenvalue weighted by Gasteiger charge is -2.09. The Kier molecular flexibility index (Phi) is 6.79. The Bertz CT molecular complexity index is 510. The summed E-state index contributed by atoms with van der Waals surface area (Å²) in [6, 6.07) is 4.83. The lowest BCUT2D eigenvalue weighted by atomic mass is 10.2. The van der Waals surface area contributed by atoms with Crippen molar-refractivity contribution in [2.75, 3.05) is 12.4 Å². The number of halogens is 1. The lowest BCUT2D eigenvalue weighted by Crippen LogP contribution is -2.08. The zero-order chi connectivity index (χ0) is 15.0. The summed E-state index contributed by atoms with van der Waals surface area (Å²) in [5.74, 6) is -0.671. The van der Waals surface area contributed by atoms with Gasteiger partial charge in [-0.2, -0.15) is 0 Å². The van der Waals surface area contributed by atoms with Gasteiger partial charge in [0.1, 0.15) is 0 Å². The Hall–Kier alpha value is -1.82. The molecule has 108 valence electrons. The van der Waals surface area contributed by atoms with Crippen molar-refractivity contribution in [3.05, 3.63) is 29.8 Å². The molecule has 0 aliphatic carbocycles. The molecule has 0 amide bonds. The average molecular weight is 343 g/mol. The van der Waals surface area contributed by atoms with E-state index in [1.807, 2.05) is 0 Å². The predicted octanol–water partition coefficient (Wildman–Crippen LogP) is 2.87. The van der Waals surface area contributed by atoms with E-state index in [1.165, 1.54) is 13.2 Å². The fourth-order valence-electron chi connectivity index (χ4n) is 1.42. The molecular formula is C14H15BrO5. The van der Waals surface area contributed by atoms with Gasteiger partial charge in [0.15, 0.2) is 11.5 Å². The lowest BCUT2D eigenvalue weighted by molar-refractivity contribution is -0.134. The first-order valence-corrected chi connectivity index (χ1v) is 7.04. The zero-order valence-corrected chi connectivity index (χ0v) is 12.6. The number of carbonyl (C=O) groups excluding carboxylic acids is 1. The summed E-state index contributed by atoms with van der Waals surface area (Å²) >= 11 is 3.24. The second kappa shape index (κ2) is 8.37. The molecule has 0 saturated carbocycles. The van der Waals surface area contributed by atoms with Gasteiger partial charge >= 0.3 is 11.9 Å². The van der Waals surface area contributed by atoms with E-state index in [4.69, 9.17) is 14.6 Å². The summed E-state index contributed by atoms with van der Waals surface area (Å²) in [5.41, 5.74) is 0.643. The number of carboxylic acid groups (broad SMARTS) is 1. The van der Waals surface area contributed by atoms with E-state index in [2.05, 4.69) is 15.9 Å². The van der Waals surface area contributed by atoms with Crippen molar-refractivity contribution in [2.45, 2.75) is 12.8 Å². The van der Waals surface area contributed by atoms with Gasteiger partial charge in [0, 0.05) is 17.8 Å². The Balaban J connectivity index is 2.82. The third kappa shape index (κ3) is 5.44. The number of hydrogen-bond acceptors (Lipinski definition) is 4. The number of ether oxygens (including phenoxy) is 2. The average Bonchev–Trinajstić information content (AvgIpc) is 2.43. The van der Waals surface area contributed by atoms with Gasteiger partial charge in [-0.15, -0.1) is 0 Å². The third-order valence-corrected chi connectivity index (χ3v) is 2.91. The van der Waals surface area contributed by atoms with E-state index < -0.39 is 5.97 Å². The summed E-state index contributed by atoms with van der Waals surface area (Å²) in [4.78, 5) is 22.0. The highest BCUT2D eigenvalue weighted by atomic mass is 79.9. The maximum atomic E-state index is 11.5. The number of benzene rings is 1. The van der Waals surface area contributed by atoms with Crippen LogP contribution in [0.3, 0.4) is 0 Å². The topological polar surface area (TPSA) is 72.8 Å². The fourth-order valence-corrected chi connectivity index (χ4v) is 1.70. The molecule has 0 spiro atoms. The van der Waals surface area contributed by atoms with Gasteiger partial charge in [-0.25, -0.2) is 4.79 Å². The van der Waals surface area contributed by atoms with Gasteiger partial charge < -0.3 is 14.6 Å². The van der Waals surface area contributed by atoms with Crippen molar-refractivity contribution in [3.63, 3.8) is 0 Å². The molecule has 1 aromatic carbocycles. The number of methoxy groups -OCH3 is 1. The van der Waals surface area contributed by atoms with E-state index in [9.17, 15) is 9.59 Å². The zero-order valence-electron chi connectivity index (χ0n) is 11.0. The van der Waals surface area contributed by atoms with Crippen molar-refractivity contribution in [1.29, 1.82) is 0 Å². The Morgan fingerprint density at radius 2 is 2.10 bits per heavy atom. The number of aliphatic carboxylic acids is 1. The molecule has 6 heteroatoms. The highest BCUT2D eigenvalue weighted by Gasteiger charge is 2.10. The van der Waals surface area contributed by atoms with Crippen LogP contribution in [-0.2, 0) is 9.59 Å². The fraction of sp³-hybridized carbons (Fsp3) is 0.286. The van der Waals surface area contributed by atoms with Crippen LogP contribution in [0.5, 0.6) is 11.5 Å². The maximum Gasteiger partial charge on any atom is 0.328 e. The van der Waals surface area contributed by atoms with Crippen molar-refractivity contribution >= 4 is 33.9 Å². The summed E-state index contributed by atoms with van der Waals surface area (Å²) in [5, 5.41) is 9.30. The number of esters is 1. The number of hydrogen-bond donors (Lipinski definition) is 1. The number of alkyl halides is 1. The van der Waals surface area contributed by atoms with Crippen LogP contribution in [0.2, 0.25) is 0 Å². The molecule has 0 fully saturated rings. The Morgan fingerprint density at radius 1 is 1.35 bits per heavy atom. The summed E-state index contributed by atoms with van der Waals surface area (Å²) in [6.45, 7) is 0. The van der Waals surface area contributed by atoms with Crippen LogP contribution in [0.1, 0.15) is 18.4 Å². The van der Waals surface area contributed by atoms with Gasteiger partial charge in [-0.05, 0) is 30.2 Å². The van der Waals surface area contributed by atoms with Crippen LogP contribution >= 0.6 is 15.9 Å². The van der Waals surface area contributed by atoms with Crippen LogP contribution in [-0.4, -0.2) is 29.5 Å². The van der Waals surface area contributed by atoms with Gasteiger partial charge in [0.05, 0.1) is 7.11 Å². The third-order valence-electron chi connectivity index (χ3n) is 2.34. The maximum absolute atomic E-state index is 11.5. The SMILES string of the molecule is COc1cc(/C=C/C(=O)O)ccc1OC(=O)CCCBr. The molecule has 0 saturated heterocycles. The second-order valence-corrected chi connectivity index (χ2v) is 4.64. The number of carbonyl (C=O) groups is 2. The number of carboxylic acids is 1. The minimum absolute atomic E-state index is 0.315. The van der Waals surface area contributed by atoms with Crippen LogP contribution in [0.25, 0.3) is 6.08 Å². The van der Waals surface area contributed by atoms with E-state index in [-0.39, 0.29) is 5.97 Å². The molecule has 20 heavy (non-hydrogen) atoms. The largest absolute Gasteiger partial charge is 0.493 e. The van der Waals surface area contributed by atoms with Crippen molar-refractivity contribution in [3.8, 4) is 11.5 Å².